The van der Waals surface area contributed by atoms with Gasteiger partial charge in [0.15, 0.2) is 0 Å². The van der Waals surface area contributed by atoms with E-state index in [1.807, 2.05) is 0 Å². The molecule has 11 rings (SSSR count). The van der Waals surface area contributed by atoms with Crippen LogP contribution in [-0.2, 0) is 5.41 Å². The highest BCUT2D eigenvalue weighted by Gasteiger charge is 2.62. The second kappa shape index (κ2) is 6.90. The van der Waals surface area contributed by atoms with Gasteiger partial charge in [-0.2, -0.15) is 0 Å². The van der Waals surface area contributed by atoms with Gasteiger partial charge < -0.3 is 4.42 Å². The predicted molar refractivity (Wildman–Crippen MR) is 160 cm³/mol. The van der Waals surface area contributed by atoms with Crippen molar-refractivity contribution in [2.75, 3.05) is 0 Å². The van der Waals surface area contributed by atoms with E-state index < -0.39 is 0 Å². The van der Waals surface area contributed by atoms with Crippen LogP contribution in [0.25, 0.3) is 54.6 Å². The van der Waals surface area contributed by atoms with Gasteiger partial charge in [-0.25, -0.2) is 0 Å². The van der Waals surface area contributed by atoms with Gasteiger partial charge in [-0.05, 0) is 112 Å². The highest BCUT2D eigenvalue weighted by atomic mass is 79.9. The number of hydrogen-bond donors (Lipinski definition) is 0. The fraction of sp³-hybridized carbons (Fsp3) is 0.278. The molecule has 6 aromatic rings. The van der Waals surface area contributed by atoms with Crippen LogP contribution < -0.4 is 0 Å². The Hall–Kier alpha value is -3.10. The molecule has 5 aliphatic carbocycles. The maximum Gasteiger partial charge on any atom is 0.143 e. The van der Waals surface area contributed by atoms with Crippen molar-refractivity contribution in [3.63, 3.8) is 0 Å². The third-order valence-corrected chi connectivity index (χ3v) is 11.7. The van der Waals surface area contributed by atoms with Crippen molar-refractivity contribution in [1.82, 2.24) is 0 Å². The molecule has 0 radical (unpaired) electrons. The Labute approximate surface area is 230 Å². The van der Waals surface area contributed by atoms with Gasteiger partial charge in [0.1, 0.15) is 11.2 Å². The zero-order valence-corrected chi connectivity index (χ0v) is 22.7. The van der Waals surface area contributed by atoms with Crippen molar-refractivity contribution in [2.24, 2.45) is 23.7 Å². The summed E-state index contributed by atoms with van der Waals surface area (Å²) in [4.78, 5) is 0. The lowest BCUT2D eigenvalue weighted by molar-refractivity contribution is -0.0393. The van der Waals surface area contributed by atoms with E-state index in [0.29, 0.717) is 0 Å². The van der Waals surface area contributed by atoms with Crippen LogP contribution in [0.15, 0.2) is 87.8 Å². The number of halogens is 1. The Morgan fingerprint density at radius 2 is 1.34 bits per heavy atom. The van der Waals surface area contributed by atoms with Crippen molar-refractivity contribution in [3.05, 3.63) is 94.5 Å². The summed E-state index contributed by atoms with van der Waals surface area (Å²) in [7, 11) is 0. The maximum atomic E-state index is 6.80. The Balaban J connectivity index is 1.36. The molecule has 5 aromatic carbocycles. The van der Waals surface area contributed by atoms with Gasteiger partial charge in [-0.15, -0.1) is 0 Å². The highest BCUT2D eigenvalue weighted by Crippen LogP contribution is 2.70. The van der Waals surface area contributed by atoms with Crippen molar-refractivity contribution in [3.8, 4) is 11.1 Å². The quantitative estimate of drug-likeness (QED) is 0.182. The molecule has 38 heavy (non-hydrogen) atoms. The molecule has 184 valence electrons. The summed E-state index contributed by atoms with van der Waals surface area (Å²) in [6, 6.07) is 29.8. The lowest BCUT2D eigenvalue weighted by Gasteiger charge is -2.61. The van der Waals surface area contributed by atoms with E-state index in [1.54, 1.807) is 11.1 Å². The fourth-order valence-electron chi connectivity index (χ4n) is 10.0. The van der Waals surface area contributed by atoms with E-state index >= 15 is 0 Å². The first-order valence-corrected chi connectivity index (χ1v) is 15.1. The summed E-state index contributed by atoms with van der Waals surface area (Å²) in [5.74, 6) is 3.34. The van der Waals surface area contributed by atoms with E-state index in [0.717, 1.165) is 39.3 Å². The zero-order chi connectivity index (χ0) is 24.7. The van der Waals surface area contributed by atoms with Gasteiger partial charge in [0, 0.05) is 26.0 Å². The molecular formula is C36H27BrO. The summed E-state index contributed by atoms with van der Waals surface area (Å²) in [6.45, 7) is 0. The van der Waals surface area contributed by atoms with Crippen molar-refractivity contribution >= 4 is 59.4 Å². The number of fused-ring (bicyclic) bond motifs is 10. The van der Waals surface area contributed by atoms with Crippen LogP contribution in [-0.4, -0.2) is 0 Å². The molecule has 0 N–H and O–H groups in total. The molecule has 4 bridgehead atoms. The van der Waals surface area contributed by atoms with Crippen molar-refractivity contribution in [2.45, 2.75) is 37.5 Å². The third-order valence-electron chi connectivity index (χ3n) is 11.1. The minimum Gasteiger partial charge on any atom is -0.455 e. The number of rotatable bonds is 0. The Morgan fingerprint density at radius 3 is 2.13 bits per heavy atom. The molecule has 1 aromatic heterocycles. The Kier molecular flexibility index (Phi) is 3.78. The second-order valence-corrected chi connectivity index (χ2v) is 13.5. The van der Waals surface area contributed by atoms with Crippen LogP contribution in [0.4, 0.5) is 0 Å². The van der Waals surface area contributed by atoms with Gasteiger partial charge in [-0.3, -0.25) is 0 Å². The number of furan rings is 1. The summed E-state index contributed by atoms with van der Waals surface area (Å²) >= 11 is 3.86. The average Bonchev–Trinajstić information content (AvgIpc) is 3.44. The monoisotopic (exact) mass is 554 g/mol. The van der Waals surface area contributed by atoms with Crippen LogP contribution in [0.3, 0.4) is 0 Å². The molecule has 4 saturated carbocycles. The first-order chi connectivity index (χ1) is 18.7. The molecule has 0 amide bonds. The number of hydrogen-bond acceptors (Lipinski definition) is 1. The number of benzene rings is 5. The molecule has 1 nitrogen and oxygen atoms in total. The molecule has 0 aliphatic heterocycles. The van der Waals surface area contributed by atoms with Crippen LogP contribution in [0.5, 0.6) is 0 Å². The van der Waals surface area contributed by atoms with Crippen LogP contribution >= 0.6 is 15.9 Å². The minimum absolute atomic E-state index is 0.120. The Morgan fingerprint density at radius 1 is 0.632 bits per heavy atom. The lowest BCUT2D eigenvalue weighted by atomic mass is 9.43. The Bertz CT molecular complexity index is 1980. The van der Waals surface area contributed by atoms with Crippen LogP contribution in [0, 0.1) is 23.7 Å². The molecule has 0 unspecified atom stereocenters. The van der Waals surface area contributed by atoms with Gasteiger partial charge in [-0.1, -0.05) is 76.6 Å². The molecule has 0 atom stereocenters. The van der Waals surface area contributed by atoms with E-state index in [4.69, 9.17) is 4.42 Å². The smallest absolute Gasteiger partial charge is 0.143 e. The SMILES string of the molecule is Brc1cc2c3cc4c(cc3oc2c2ccccc12)C1(c2c-4ccc3ccccc23)C2CC3CC(C2)CC1C3. The average molecular weight is 556 g/mol. The lowest BCUT2D eigenvalue weighted by Crippen LogP contribution is -2.55. The summed E-state index contributed by atoms with van der Waals surface area (Å²) in [5.41, 5.74) is 8.32. The first-order valence-electron chi connectivity index (χ1n) is 14.3. The molecule has 2 heteroatoms. The molecule has 1 spiro atoms. The predicted octanol–water partition coefficient (Wildman–Crippen LogP) is 10.4. The molecule has 0 saturated heterocycles. The van der Waals surface area contributed by atoms with Crippen molar-refractivity contribution in [1.29, 1.82) is 0 Å². The van der Waals surface area contributed by atoms with E-state index in [2.05, 4.69) is 94.8 Å². The maximum absolute atomic E-state index is 6.80. The van der Waals surface area contributed by atoms with Gasteiger partial charge in [0.05, 0.1) is 0 Å². The normalized spacial score (nSPS) is 28.8. The molecule has 4 fully saturated rings. The zero-order valence-electron chi connectivity index (χ0n) is 21.1. The van der Waals surface area contributed by atoms with E-state index in [-0.39, 0.29) is 5.41 Å². The van der Waals surface area contributed by atoms with Gasteiger partial charge in [0.2, 0.25) is 0 Å². The summed E-state index contributed by atoms with van der Waals surface area (Å²) in [5, 5.41) is 7.71. The van der Waals surface area contributed by atoms with Gasteiger partial charge >= 0.3 is 0 Å². The largest absolute Gasteiger partial charge is 0.455 e. The summed E-state index contributed by atoms with van der Waals surface area (Å²) in [6.07, 6.45) is 7.05. The first kappa shape index (κ1) is 20.8. The van der Waals surface area contributed by atoms with Crippen LogP contribution in [0.1, 0.15) is 43.2 Å². The van der Waals surface area contributed by atoms with Crippen molar-refractivity contribution < 1.29 is 4.42 Å². The molecule has 1 heterocycles. The second-order valence-electron chi connectivity index (χ2n) is 12.7. The molecular weight excluding hydrogens is 528 g/mol. The summed E-state index contributed by atoms with van der Waals surface area (Å²) < 4.78 is 7.93. The van der Waals surface area contributed by atoms with Gasteiger partial charge in [0.25, 0.3) is 0 Å². The standard InChI is InChI=1S/C36H27BrO/c37-32-17-30-29-16-28-26-10-9-21-5-1-2-6-24(21)34(26)36(22-12-19-11-20(14-22)15-23(36)13-19)31(28)18-33(29)38-35(30)27-8-4-3-7-25(27)32/h1-10,16-20,22-23H,11-15H2. The van der Waals surface area contributed by atoms with Crippen LogP contribution in [0.2, 0.25) is 0 Å². The van der Waals surface area contributed by atoms with E-state index in [9.17, 15) is 0 Å². The topological polar surface area (TPSA) is 13.1 Å². The molecule has 5 aliphatic rings. The minimum atomic E-state index is 0.120. The highest BCUT2D eigenvalue weighted by molar-refractivity contribution is 9.10. The fourth-order valence-corrected chi connectivity index (χ4v) is 10.6. The van der Waals surface area contributed by atoms with E-state index in [1.165, 1.54) is 75.5 Å². The third kappa shape index (κ3) is 2.33.